The lowest BCUT2D eigenvalue weighted by atomic mass is 10.0. The van der Waals surface area contributed by atoms with Gasteiger partial charge in [0, 0.05) is 18.1 Å². The van der Waals surface area contributed by atoms with Crippen LogP contribution in [0.2, 0.25) is 5.02 Å². The average Bonchev–Trinajstić information content (AvgIpc) is 3.36. The Morgan fingerprint density at radius 2 is 2.11 bits per heavy atom. The third-order valence-electron chi connectivity index (χ3n) is 4.77. The zero-order valence-electron chi connectivity index (χ0n) is 15.5. The van der Waals surface area contributed by atoms with E-state index in [1.807, 2.05) is 4.90 Å². The molecule has 1 aromatic carbocycles. The number of hydrogen-bond acceptors (Lipinski definition) is 7. The molecule has 0 spiro atoms. The lowest BCUT2D eigenvalue weighted by molar-refractivity contribution is 0.0686. The van der Waals surface area contributed by atoms with Crippen molar-refractivity contribution >= 4 is 17.5 Å². The van der Waals surface area contributed by atoms with Gasteiger partial charge in [-0.05, 0) is 38.0 Å². The van der Waals surface area contributed by atoms with Crippen molar-refractivity contribution in [1.82, 2.24) is 30.0 Å². The number of ether oxygens (including phenoxy) is 1. The lowest BCUT2D eigenvalue weighted by Crippen LogP contribution is -2.39. The summed E-state index contributed by atoms with van der Waals surface area (Å²) in [5.41, 5.74) is 1.02. The van der Waals surface area contributed by atoms with Crippen molar-refractivity contribution < 1.29 is 14.1 Å². The molecular formula is C18H19ClN6O3. The molecule has 4 rings (SSSR count). The monoisotopic (exact) mass is 402 g/mol. The number of carbonyl (C=O) groups is 1. The summed E-state index contributed by atoms with van der Waals surface area (Å²) in [6.45, 7) is 2.96. The second kappa shape index (κ2) is 7.59. The van der Waals surface area contributed by atoms with Crippen LogP contribution in [0.4, 0.5) is 0 Å². The zero-order valence-corrected chi connectivity index (χ0v) is 16.3. The van der Waals surface area contributed by atoms with Crippen molar-refractivity contribution in [3.63, 3.8) is 0 Å². The largest absolute Gasteiger partial charge is 0.496 e. The first-order chi connectivity index (χ1) is 13.5. The van der Waals surface area contributed by atoms with E-state index in [0.717, 1.165) is 12.8 Å². The Labute approximate surface area is 166 Å². The second-order valence-corrected chi connectivity index (χ2v) is 7.03. The van der Waals surface area contributed by atoms with Gasteiger partial charge in [-0.2, -0.15) is 4.98 Å². The molecule has 28 heavy (non-hydrogen) atoms. The Morgan fingerprint density at radius 1 is 1.32 bits per heavy atom. The van der Waals surface area contributed by atoms with Crippen LogP contribution in [-0.2, 0) is 0 Å². The maximum atomic E-state index is 12.9. The van der Waals surface area contributed by atoms with E-state index in [1.165, 1.54) is 0 Å². The van der Waals surface area contributed by atoms with Crippen molar-refractivity contribution in [3.8, 4) is 17.3 Å². The molecule has 1 saturated heterocycles. The number of nitrogens with zero attached hydrogens (tertiary/aromatic N) is 6. The SMILES string of the molecule is COc1ccc(Cl)cc1C(=O)N1CCC(n2cc(-c3nc(C)no3)nn2)CC1. The van der Waals surface area contributed by atoms with Gasteiger partial charge in [0.05, 0.1) is 24.9 Å². The predicted molar refractivity (Wildman–Crippen MR) is 100 cm³/mol. The predicted octanol–water partition coefficient (Wildman–Crippen LogP) is 2.78. The Balaban J connectivity index is 1.43. The van der Waals surface area contributed by atoms with Crippen LogP contribution in [-0.4, -0.2) is 56.1 Å². The molecule has 0 aliphatic carbocycles. The summed E-state index contributed by atoms with van der Waals surface area (Å²) in [5.74, 6) is 1.34. The van der Waals surface area contributed by atoms with E-state index >= 15 is 0 Å². The quantitative estimate of drug-likeness (QED) is 0.661. The average molecular weight is 403 g/mol. The summed E-state index contributed by atoms with van der Waals surface area (Å²) in [4.78, 5) is 18.9. The minimum atomic E-state index is -0.0848. The first-order valence-electron chi connectivity index (χ1n) is 8.90. The number of carbonyl (C=O) groups excluding carboxylic acids is 1. The molecule has 0 bridgehead atoms. The van der Waals surface area contributed by atoms with Crippen LogP contribution in [0.15, 0.2) is 28.9 Å². The Bertz CT molecular complexity index is 993. The molecule has 0 radical (unpaired) electrons. The summed E-state index contributed by atoms with van der Waals surface area (Å²) < 4.78 is 12.2. The highest BCUT2D eigenvalue weighted by molar-refractivity contribution is 6.31. The first-order valence-corrected chi connectivity index (χ1v) is 9.28. The van der Waals surface area contributed by atoms with Gasteiger partial charge in [-0.15, -0.1) is 5.10 Å². The summed E-state index contributed by atoms with van der Waals surface area (Å²) in [6, 6.07) is 5.20. The van der Waals surface area contributed by atoms with Gasteiger partial charge in [0.2, 0.25) is 0 Å². The lowest BCUT2D eigenvalue weighted by Gasteiger charge is -2.32. The van der Waals surface area contributed by atoms with Gasteiger partial charge in [0.25, 0.3) is 11.8 Å². The van der Waals surface area contributed by atoms with Crippen LogP contribution in [0, 0.1) is 6.92 Å². The molecule has 0 N–H and O–H groups in total. The molecule has 0 atom stereocenters. The Kier molecular flexibility index (Phi) is 4.99. The Morgan fingerprint density at radius 3 is 2.79 bits per heavy atom. The number of likely N-dealkylation sites (tertiary alicyclic amines) is 1. The van der Waals surface area contributed by atoms with E-state index in [9.17, 15) is 4.79 Å². The minimum absolute atomic E-state index is 0.0848. The number of aromatic nitrogens is 5. The Hall–Kier alpha value is -2.94. The van der Waals surface area contributed by atoms with E-state index in [2.05, 4.69) is 20.5 Å². The molecule has 3 aromatic rings. The van der Waals surface area contributed by atoms with Gasteiger partial charge in [-0.1, -0.05) is 22.0 Å². The standard InChI is InChI=1S/C18H19ClN6O3/c1-11-20-17(28-22-11)15-10-25(23-21-15)13-5-7-24(8-6-13)18(26)14-9-12(19)3-4-16(14)27-2/h3-4,9-10,13H,5-8H2,1-2H3. The number of aryl methyl sites for hydroxylation is 1. The van der Waals surface area contributed by atoms with Crippen molar-refractivity contribution in [2.75, 3.05) is 20.2 Å². The molecule has 10 heteroatoms. The number of rotatable bonds is 4. The van der Waals surface area contributed by atoms with Crippen molar-refractivity contribution in [1.29, 1.82) is 0 Å². The smallest absolute Gasteiger partial charge is 0.280 e. The van der Waals surface area contributed by atoms with Crippen LogP contribution >= 0.6 is 11.6 Å². The number of amides is 1. The molecular weight excluding hydrogens is 384 g/mol. The van der Waals surface area contributed by atoms with E-state index in [0.29, 0.717) is 46.8 Å². The molecule has 1 aliphatic rings. The zero-order chi connectivity index (χ0) is 19.7. The highest BCUT2D eigenvalue weighted by atomic mass is 35.5. The van der Waals surface area contributed by atoms with Crippen molar-refractivity contribution in [2.24, 2.45) is 0 Å². The fraction of sp³-hybridized carbons (Fsp3) is 0.389. The normalized spacial score (nSPS) is 15.0. The molecule has 0 unspecified atom stereocenters. The van der Waals surface area contributed by atoms with Gasteiger partial charge in [-0.25, -0.2) is 4.68 Å². The summed E-state index contributed by atoms with van der Waals surface area (Å²) in [5, 5.41) is 12.6. The van der Waals surface area contributed by atoms with Crippen LogP contribution in [0.5, 0.6) is 5.75 Å². The third-order valence-corrected chi connectivity index (χ3v) is 5.01. The summed E-state index contributed by atoms with van der Waals surface area (Å²) in [7, 11) is 1.54. The number of halogens is 1. The van der Waals surface area contributed by atoms with E-state index in [-0.39, 0.29) is 11.9 Å². The number of benzene rings is 1. The molecule has 0 saturated carbocycles. The van der Waals surface area contributed by atoms with Crippen molar-refractivity contribution in [2.45, 2.75) is 25.8 Å². The molecule has 3 heterocycles. The minimum Gasteiger partial charge on any atom is -0.496 e. The molecule has 1 amide bonds. The molecule has 2 aromatic heterocycles. The fourth-order valence-electron chi connectivity index (χ4n) is 3.31. The summed E-state index contributed by atoms with van der Waals surface area (Å²) in [6.07, 6.45) is 3.33. The third kappa shape index (κ3) is 3.57. The van der Waals surface area contributed by atoms with Crippen LogP contribution in [0.3, 0.4) is 0 Å². The topological polar surface area (TPSA) is 99.2 Å². The van der Waals surface area contributed by atoms with Crippen LogP contribution in [0.1, 0.15) is 35.1 Å². The van der Waals surface area contributed by atoms with Gasteiger partial charge >= 0.3 is 0 Å². The highest BCUT2D eigenvalue weighted by Gasteiger charge is 2.27. The molecule has 1 aliphatic heterocycles. The van der Waals surface area contributed by atoms with Gasteiger partial charge in [0.1, 0.15) is 5.75 Å². The molecule has 146 valence electrons. The van der Waals surface area contributed by atoms with Crippen LogP contribution < -0.4 is 4.74 Å². The fourth-order valence-corrected chi connectivity index (χ4v) is 3.48. The van der Waals surface area contributed by atoms with Gasteiger partial charge in [0.15, 0.2) is 11.5 Å². The first kappa shape index (κ1) is 18.4. The number of methoxy groups -OCH3 is 1. The molecule has 9 nitrogen and oxygen atoms in total. The highest BCUT2D eigenvalue weighted by Crippen LogP contribution is 2.28. The number of hydrogen-bond donors (Lipinski definition) is 0. The molecule has 1 fully saturated rings. The second-order valence-electron chi connectivity index (χ2n) is 6.60. The van der Waals surface area contributed by atoms with E-state index < -0.39 is 0 Å². The van der Waals surface area contributed by atoms with E-state index in [4.69, 9.17) is 20.9 Å². The van der Waals surface area contributed by atoms with Crippen molar-refractivity contribution in [3.05, 3.63) is 40.8 Å². The maximum absolute atomic E-state index is 12.9. The van der Waals surface area contributed by atoms with Gasteiger partial charge < -0.3 is 14.2 Å². The number of piperidine rings is 1. The van der Waals surface area contributed by atoms with E-state index in [1.54, 1.807) is 43.1 Å². The van der Waals surface area contributed by atoms with Gasteiger partial charge in [-0.3, -0.25) is 4.79 Å². The summed E-state index contributed by atoms with van der Waals surface area (Å²) >= 11 is 6.05. The van der Waals surface area contributed by atoms with Crippen LogP contribution in [0.25, 0.3) is 11.6 Å². The maximum Gasteiger partial charge on any atom is 0.280 e.